The molecule has 6 nitrogen and oxygen atoms in total. The molecular formula is C22H30N6S. The van der Waals surface area contributed by atoms with E-state index in [0.717, 1.165) is 30.2 Å². The van der Waals surface area contributed by atoms with E-state index in [-0.39, 0.29) is 0 Å². The maximum atomic E-state index is 4.69. The van der Waals surface area contributed by atoms with Gasteiger partial charge in [0.05, 0.1) is 11.6 Å². The third-order valence-corrected chi connectivity index (χ3v) is 7.82. The van der Waals surface area contributed by atoms with E-state index in [1.807, 2.05) is 17.9 Å². The maximum absolute atomic E-state index is 4.69. The van der Waals surface area contributed by atoms with Crippen LogP contribution in [-0.2, 0) is 13.5 Å². The predicted octanol–water partition coefficient (Wildman–Crippen LogP) is 4.04. The summed E-state index contributed by atoms with van der Waals surface area (Å²) in [6.07, 6.45) is 10.7. The minimum atomic E-state index is 0.412. The van der Waals surface area contributed by atoms with E-state index >= 15 is 0 Å². The number of anilines is 1. The maximum Gasteiger partial charge on any atom is 0.140 e. The summed E-state index contributed by atoms with van der Waals surface area (Å²) in [4.78, 5) is 16.9. The summed E-state index contributed by atoms with van der Waals surface area (Å²) in [5, 5.41) is 5.65. The summed E-state index contributed by atoms with van der Waals surface area (Å²) in [5.41, 5.74) is 1.77. The van der Waals surface area contributed by atoms with Crippen LogP contribution in [0.5, 0.6) is 0 Å². The summed E-state index contributed by atoms with van der Waals surface area (Å²) in [6.45, 7) is 9.06. The number of hydrogen-bond donors (Lipinski definition) is 0. The van der Waals surface area contributed by atoms with Crippen molar-refractivity contribution in [1.29, 1.82) is 0 Å². The first kappa shape index (κ1) is 19.0. The van der Waals surface area contributed by atoms with Crippen molar-refractivity contribution in [2.24, 2.45) is 12.5 Å². The number of aryl methyl sites for hydroxylation is 2. The van der Waals surface area contributed by atoms with Crippen LogP contribution in [-0.4, -0.2) is 50.8 Å². The van der Waals surface area contributed by atoms with Crippen molar-refractivity contribution < 1.29 is 0 Å². The molecule has 1 spiro atoms. The van der Waals surface area contributed by atoms with Crippen LogP contribution in [0.25, 0.3) is 10.2 Å². The Morgan fingerprint density at radius 2 is 2.07 bits per heavy atom. The summed E-state index contributed by atoms with van der Waals surface area (Å²) in [7, 11) is 2.01. The van der Waals surface area contributed by atoms with Crippen LogP contribution in [0.1, 0.15) is 49.6 Å². The molecule has 5 rings (SSSR count). The van der Waals surface area contributed by atoms with E-state index < -0.39 is 0 Å². The van der Waals surface area contributed by atoms with Crippen LogP contribution in [0, 0.1) is 5.41 Å². The summed E-state index contributed by atoms with van der Waals surface area (Å²) in [5.74, 6) is 1.14. The van der Waals surface area contributed by atoms with Crippen LogP contribution in [0.3, 0.4) is 0 Å². The SMILES string of the molecule is CCC[C@@H](c1cnn(C)c1)N1CC2(CCN(c3ncnc4sc(CC)cc34)C2)C1. The van der Waals surface area contributed by atoms with Crippen molar-refractivity contribution in [1.82, 2.24) is 24.6 Å². The number of nitrogens with zero attached hydrogens (tertiary/aromatic N) is 6. The Labute approximate surface area is 176 Å². The Bertz CT molecular complexity index is 1000. The van der Waals surface area contributed by atoms with Gasteiger partial charge in [-0.1, -0.05) is 20.3 Å². The molecule has 0 unspecified atom stereocenters. The first-order chi connectivity index (χ1) is 14.1. The molecule has 1 atom stereocenters. The fourth-order valence-corrected chi connectivity index (χ4v) is 6.10. The highest BCUT2D eigenvalue weighted by atomic mass is 32.1. The molecule has 29 heavy (non-hydrogen) atoms. The highest BCUT2D eigenvalue weighted by Crippen LogP contribution is 2.46. The van der Waals surface area contributed by atoms with Crippen LogP contribution < -0.4 is 4.90 Å². The molecule has 5 heterocycles. The lowest BCUT2D eigenvalue weighted by atomic mass is 9.77. The molecule has 2 aliphatic rings. The smallest absolute Gasteiger partial charge is 0.140 e. The number of thiophene rings is 1. The van der Waals surface area contributed by atoms with Crippen molar-refractivity contribution in [2.75, 3.05) is 31.1 Å². The molecule has 0 N–H and O–H groups in total. The minimum Gasteiger partial charge on any atom is -0.355 e. The predicted molar refractivity (Wildman–Crippen MR) is 118 cm³/mol. The summed E-state index contributed by atoms with van der Waals surface area (Å²) >= 11 is 1.81. The fourth-order valence-electron chi connectivity index (χ4n) is 5.17. The summed E-state index contributed by atoms with van der Waals surface area (Å²) in [6, 6.07) is 2.80. The molecule has 0 aromatic carbocycles. The molecule has 0 aliphatic carbocycles. The molecule has 0 saturated carbocycles. The fraction of sp³-hybridized carbons (Fsp3) is 0.591. The highest BCUT2D eigenvalue weighted by molar-refractivity contribution is 7.18. The Morgan fingerprint density at radius 3 is 2.79 bits per heavy atom. The van der Waals surface area contributed by atoms with E-state index in [4.69, 9.17) is 4.98 Å². The van der Waals surface area contributed by atoms with E-state index in [1.54, 1.807) is 17.7 Å². The molecule has 0 bridgehead atoms. The van der Waals surface area contributed by atoms with Gasteiger partial charge in [-0.05, 0) is 25.3 Å². The second-order valence-electron chi connectivity index (χ2n) is 8.81. The van der Waals surface area contributed by atoms with Crippen LogP contribution in [0.4, 0.5) is 5.82 Å². The topological polar surface area (TPSA) is 50.1 Å². The number of hydrogen-bond acceptors (Lipinski definition) is 6. The van der Waals surface area contributed by atoms with Crippen molar-refractivity contribution in [2.45, 2.75) is 45.6 Å². The van der Waals surface area contributed by atoms with E-state index in [9.17, 15) is 0 Å². The second kappa shape index (κ2) is 7.36. The Kier molecular flexibility index (Phi) is 4.82. The van der Waals surface area contributed by atoms with Gasteiger partial charge in [-0.3, -0.25) is 9.58 Å². The second-order valence-corrected chi connectivity index (χ2v) is 9.93. The number of fused-ring (bicyclic) bond motifs is 1. The van der Waals surface area contributed by atoms with Gasteiger partial charge in [0.25, 0.3) is 0 Å². The average Bonchev–Trinajstić information content (AvgIpc) is 3.42. The molecule has 0 radical (unpaired) electrons. The van der Waals surface area contributed by atoms with Gasteiger partial charge in [-0.15, -0.1) is 11.3 Å². The van der Waals surface area contributed by atoms with Crippen LogP contribution in [0.2, 0.25) is 0 Å². The highest BCUT2D eigenvalue weighted by Gasteiger charge is 2.50. The molecular weight excluding hydrogens is 380 g/mol. The molecule has 3 aromatic heterocycles. The molecule has 2 aliphatic heterocycles. The van der Waals surface area contributed by atoms with Crippen molar-refractivity contribution in [3.63, 3.8) is 0 Å². The van der Waals surface area contributed by atoms with Gasteiger partial charge in [0.1, 0.15) is 17.0 Å². The van der Waals surface area contributed by atoms with Gasteiger partial charge >= 0.3 is 0 Å². The van der Waals surface area contributed by atoms with Gasteiger partial charge < -0.3 is 4.90 Å². The van der Waals surface area contributed by atoms with E-state index in [1.165, 1.54) is 48.2 Å². The van der Waals surface area contributed by atoms with Crippen molar-refractivity contribution >= 4 is 27.4 Å². The van der Waals surface area contributed by atoms with Crippen molar-refractivity contribution in [3.8, 4) is 0 Å². The molecule has 154 valence electrons. The van der Waals surface area contributed by atoms with Crippen LogP contribution >= 0.6 is 11.3 Å². The average molecular weight is 411 g/mol. The monoisotopic (exact) mass is 410 g/mol. The Balaban J connectivity index is 1.31. The van der Waals surface area contributed by atoms with Gasteiger partial charge in [-0.25, -0.2) is 9.97 Å². The van der Waals surface area contributed by atoms with Crippen molar-refractivity contribution in [3.05, 3.63) is 35.2 Å². The van der Waals surface area contributed by atoms with Crippen LogP contribution in [0.15, 0.2) is 24.8 Å². The molecule has 2 saturated heterocycles. The summed E-state index contributed by atoms with van der Waals surface area (Å²) < 4.78 is 1.93. The lowest BCUT2D eigenvalue weighted by Gasteiger charge is -2.51. The zero-order valence-electron chi connectivity index (χ0n) is 17.6. The zero-order valence-corrected chi connectivity index (χ0v) is 18.5. The van der Waals surface area contributed by atoms with Gasteiger partial charge in [-0.2, -0.15) is 5.10 Å². The van der Waals surface area contributed by atoms with Gasteiger partial charge in [0.2, 0.25) is 0 Å². The number of aromatic nitrogens is 4. The number of likely N-dealkylation sites (tertiary alicyclic amines) is 1. The molecule has 7 heteroatoms. The lowest BCUT2D eigenvalue weighted by molar-refractivity contribution is -0.0205. The third-order valence-electron chi connectivity index (χ3n) is 6.64. The third kappa shape index (κ3) is 3.34. The Morgan fingerprint density at radius 1 is 1.21 bits per heavy atom. The van der Waals surface area contributed by atoms with E-state index in [2.05, 4.69) is 46.0 Å². The van der Waals surface area contributed by atoms with Gasteiger partial charge in [0, 0.05) is 61.3 Å². The lowest BCUT2D eigenvalue weighted by Crippen LogP contribution is -2.58. The standard InChI is InChI=1S/C22H30N6S/c1-4-6-19(16-10-25-26(3)11-16)28-13-22(14-28)7-8-27(12-22)20-18-9-17(5-2)29-21(18)24-15-23-20/h9-11,15,19H,4-8,12-14H2,1-3H3/t19-/m0/s1. The first-order valence-electron chi connectivity index (χ1n) is 10.8. The molecule has 0 amide bonds. The van der Waals surface area contributed by atoms with Gasteiger partial charge in [0.15, 0.2) is 0 Å². The quantitative estimate of drug-likeness (QED) is 0.614. The van der Waals surface area contributed by atoms with E-state index in [0.29, 0.717) is 11.5 Å². The number of rotatable bonds is 6. The normalized spacial score (nSPS) is 19.9. The first-order valence-corrected chi connectivity index (χ1v) is 11.6. The minimum absolute atomic E-state index is 0.412. The Hall–Kier alpha value is -1.99. The largest absolute Gasteiger partial charge is 0.355 e. The molecule has 2 fully saturated rings. The zero-order chi connectivity index (χ0) is 20.0. The molecule has 3 aromatic rings.